The zero-order chi connectivity index (χ0) is 13.1. The van der Waals surface area contributed by atoms with Gasteiger partial charge in [-0.2, -0.15) is 0 Å². The maximum Gasteiger partial charge on any atom is 0.252 e. The van der Waals surface area contributed by atoms with Crippen molar-refractivity contribution >= 4 is 21.8 Å². The van der Waals surface area contributed by atoms with Crippen LogP contribution in [0.15, 0.2) is 22.7 Å². The second kappa shape index (κ2) is 5.80. The van der Waals surface area contributed by atoms with Gasteiger partial charge >= 0.3 is 0 Å². The molecule has 0 heterocycles. The van der Waals surface area contributed by atoms with Gasteiger partial charge in [0.15, 0.2) is 0 Å². The molecular formula is C13H15BrFNO2. The molecule has 5 heteroatoms. The lowest BCUT2D eigenvalue weighted by atomic mass is 9.92. The summed E-state index contributed by atoms with van der Waals surface area (Å²) in [5, 5.41) is 12.6. The Hall–Kier alpha value is -0.940. The van der Waals surface area contributed by atoms with Crippen LogP contribution in [-0.4, -0.2) is 23.2 Å². The van der Waals surface area contributed by atoms with Crippen LogP contribution in [0.1, 0.15) is 36.0 Å². The van der Waals surface area contributed by atoms with Crippen LogP contribution in [0.2, 0.25) is 0 Å². The fourth-order valence-electron chi connectivity index (χ4n) is 2.20. The fraction of sp³-hybridized carbons (Fsp3) is 0.462. The quantitative estimate of drug-likeness (QED) is 0.881. The fourth-order valence-corrected chi connectivity index (χ4v) is 2.73. The maximum absolute atomic E-state index is 12.9. The molecule has 0 aromatic heterocycles. The molecule has 1 amide bonds. The van der Waals surface area contributed by atoms with Crippen molar-refractivity contribution in [1.82, 2.24) is 5.32 Å². The first kappa shape index (κ1) is 13.5. The third kappa shape index (κ3) is 3.09. The normalized spacial score (nSPS) is 23.7. The summed E-state index contributed by atoms with van der Waals surface area (Å²) >= 11 is 3.16. The lowest BCUT2D eigenvalue weighted by Crippen LogP contribution is -2.45. The Morgan fingerprint density at radius 2 is 2.11 bits per heavy atom. The smallest absolute Gasteiger partial charge is 0.252 e. The van der Waals surface area contributed by atoms with Crippen molar-refractivity contribution in [2.24, 2.45) is 0 Å². The molecule has 2 atom stereocenters. The van der Waals surface area contributed by atoms with E-state index in [0.29, 0.717) is 10.0 Å². The number of aliphatic hydroxyl groups is 1. The molecule has 0 radical (unpaired) electrons. The number of aliphatic hydroxyl groups excluding tert-OH is 1. The molecule has 1 saturated carbocycles. The molecule has 98 valence electrons. The summed E-state index contributed by atoms with van der Waals surface area (Å²) in [5.41, 5.74) is 0.383. The van der Waals surface area contributed by atoms with E-state index in [9.17, 15) is 14.3 Å². The van der Waals surface area contributed by atoms with E-state index in [1.54, 1.807) is 0 Å². The molecule has 3 nitrogen and oxygen atoms in total. The van der Waals surface area contributed by atoms with Crippen LogP contribution >= 0.6 is 15.9 Å². The van der Waals surface area contributed by atoms with Crippen molar-refractivity contribution in [2.45, 2.75) is 37.8 Å². The van der Waals surface area contributed by atoms with Crippen LogP contribution in [-0.2, 0) is 0 Å². The highest BCUT2D eigenvalue weighted by atomic mass is 79.9. The van der Waals surface area contributed by atoms with Gasteiger partial charge in [-0.15, -0.1) is 0 Å². The number of hydrogen-bond donors (Lipinski definition) is 2. The second-order valence-corrected chi connectivity index (χ2v) is 5.41. The van der Waals surface area contributed by atoms with Crippen molar-refractivity contribution in [1.29, 1.82) is 0 Å². The summed E-state index contributed by atoms with van der Waals surface area (Å²) in [6.07, 6.45) is 3.02. The number of nitrogens with one attached hydrogen (secondary N) is 1. The van der Waals surface area contributed by atoms with Gasteiger partial charge in [0.05, 0.1) is 17.7 Å². The lowest BCUT2D eigenvalue weighted by Gasteiger charge is -2.28. The van der Waals surface area contributed by atoms with Crippen LogP contribution < -0.4 is 5.32 Å². The third-order valence-electron chi connectivity index (χ3n) is 3.22. The summed E-state index contributed by atoms with van der Waals surface area (Å²) in [6.45, 7) is 0. The first-order valence-corrected chi connectivity index (χ1v) is 6.81. The summed E-state index contributed by atoms with van der Waals surface area (Å²) < 4.78 is 13.4. The van der Waals surface area contributed by atoms with E-state index in [1.807, 2.05) is 0 Å². The van der Waals surface area contributed by atoms with Crippen molar-refractivity contribution in [3.05, 3.63) is 34.1 Å². The molecule has 0 unspecified atom stereocenters. The van der Waals surface area contributed by atoms with Crippen LogP contribution in [0.25, 0.3) is 0 Å². The van der Waals surface area contributed by atoms with Crippen LogP contribution in [0.5, 0.6) is 0 Å². The van der Waals surface area contributed by atoms with E-state index < -0.39 is 11.9 Å². The minimum absolute atomic E-state index is 0.205. The van der Waals surface area contributed by atoms with Gasteiger partial charge in [0.2, 0.25) is 0 Å². The zero-order valence-electron chi connectivity index (χ0n) is 9.83. The predicted molar refractivity (Wildman–Crippen MR) is 69.8 cm³/mol. The first-order valence-electron chi connectivity index (χ1n) is 6.02. The van der Waals surface area contributed by atoms with Gasteiger partial charge in [-0.05, 0) is 47.0 Å². The van der Waals surface area contributed by atoms with Gasteiger partial charge in [-0.1, -0.05) is 12.8 Å². The number of halogens is 2. The van der Waals surface area contributed by atoms with Gasteiger partial charge in [-0.25, -0.2) is 4.39 Å². The number of benzene rings is 1. The largest absolute Gasteiger partial charge is 0.391 e. The molecule has 1 aliphatic carbocycles. The van der Waals surface area contributed by atoms with Crippen molar-refractivity contribution in [2.75, 3.05) is 0 Å². The molecule has 1 aromatic carbocycles. The molecule has 1 aromatic rings. The average Bonchev–Trinajstić information content (AvgIpc) is 2.32. The Morgan fingerprint density at radius 1 is 1.39 bits per heavy atom. The first-order chi connectivity index (χ1) is 8.58. The van der Waals surface area contributed by atoms with Gasteiger partial charge in [0, 0.05) is 4.47 Å². The second-order valence-electron chi connectivity index (χ2n) is 4.56. The van der Waals surface area contributed by atoms with Crippen molar-refractivity contribution < 1.29 is 14.3 Å². The van der Waals surface area contributed by atoms with Crippen molar-refractivity contribution in [3.63, 3.8) is 0 Å². The number of carbonyl (C=O) groups is 1. The average molecular weight is 316 g/mol. The molecule has 18 heavy (non-hydrogen) atoms. The van der Waals surface area contributed by atoms with Crippen LogP contribution in [0.3, 0.4) is 0 Å². The summed E-state index contributed by atoms with van der Waals surface area (Å²) in [7, 11) is 0. The molecule has 0 spiro atoms. The molecule has 0 bridgehead atoms. The van der Waals surface area contributed by atoms with Gasteiger partial charge in [0.25, 0.3) is 5.91 Å². The third-order valence-corrected chi connectivity index (χ3v) is 3.88. The SMILES string of the molecule is O=C(N[C@@H]1CCCC[C@H]1O)c1ccc(F)cc1Br. The van der Waals surface area contributed by atoms with E-state index in [-0.39, 0.29) is 11.9 Å². The Kier molecular flexibility index (Phi) is 4.35. The van der Waals surface area contributed by atoms with E-state index >= 15 is 0 Å². The highest BCUT2D eigenvalue weighted by molar-refractivity contribution is 9.10. The Bertz CT molecular complexity index is 453. The van der Waals surface area contributed by atoms with Crippen LogP contribution in [0.4, 0.5) is 4.39 Å². The van der Waals surface area contributed by atoms with E-state index in [0.717, 1.165) is 25.7 Å². The number of hydrogen-bond acceptors (Lipinski definition) is 2. The van der Waals surface area contributed by atoms with Gasteiger partial charge in [-0.3, -0.25) is 4.79 Å². The Labute approximate surface area is 114 Å². The Morgan fingerprint density at radius 3 is 2.78 bits per heavy atom. The minimum Gasteiger partial charge on any atom is -0.391 e. The van der Waals surface area contributed by atoms with Gasteiger partial charge in [0.1, 0.15) is 5.82 Å². The van der Waals surface area contributed by atoms with E-state index in [4.69, 9.17) is 0 Å². The highest BCUT2D eigenvalue weighted by Crippen LogP contribution is 2.21. The topological polar surface area (TPSA) is 49.3 Å². The van der Waals surface area contributed by atoms with Crippen molar-refractivity contribution in [3.8, 4) is 0 Å². The minimum atomic E-state index is -0.484. The number of carbonyl (C=O) groups excluding carboxylic acids is 1. The number of amides is 1. The zero-order valence-corrected chi connectivity index (χ0v) is 11.4. The summed E-state index contributed by atoms with van der Waals surface area (Å²) in [6, 6.07) is 3.73. The maximum atomic E-state index is 12.9. The van der Waals surface area contributed by atoms with E-state index in [1.165, 1.54) is 18.2 Å². The molecule has 2 rings (SSSR count). The molecular weight excluding hydrogens is 301 g/mol. The summed E-state index contributed by atoms with van der Waals surface area (Å²) in [5.74, 6) is -0.677. The molecule has 1 fully saturated rings. The molecule has 1 aliphatic rings. The van der Waals surface area contributed by atoms with Crippen LogP contribution in [0, 0.1) is 5.82 Å². The Balaban J connectivity index is 2.07. The lowest BCUT2D eigenvalue weighted by molar-refractivity contribution is 0.0716. The monoisotopic (exact) mass is 315 g/mol. The van der Waals surface area contributed by atoms with E-state index in [2.05, 4.69) is 21.2 Å². The standard InChI is InChI=1S/C13H15BrFNO2/c14-10-7-8(15)5-6-9(10)13(18)16-11-3-1-2-4-12(11)17/h5-7,11-12,17H,1-4H2,(H,16,18)/t11-,12-/m1/s1. The molecule has 0 saturated heterocycles. The summed E-state index contributed by atoms with van der Waals surface area (Å²) in [4.78, 5) is 12.0. The number of rotatable bonds is 2. The van der Waals surface area contributed by atoms with Gasteiger partial charge < -0.3 is 10.4 Å². The predicted octanol–water partition coefficient (Wildman–Crippen LogP) is 2.62. The highest BCUT2D eigenvalue weighted by Gasteiger charge is 2.25. The molecule has 0 aliphatic heterocycles. The molecule has 2 N–H and O–H groups in total.